The molecule has 7 heteroatoms. The topological polar surface area (TPSA) is 90.2 Å². The fraction of sp³-hybridized carbons (Fsp3) is 0.727. The van der Waals surface area contributed by atoms with Gasteiger partial charge in [0.2, 0.25) is 5.82 Å². The van der Waals surface area contributed by atoms with Crippen molar-refractivity contribution in [2.24, 2.45) is 12.8 Å². The largest absolute Gasteiger partial charge is 0.350 e. The maximum atomic E-state index is 11.2. The van der Waals surface area contributed by atoms with Crippen LogP contribution in [0.1, 0.15) is 25.5 Å². The maximum absolute atomic E-state index is 11.2. The third-order valence-electron chi connectivity index (χ3n) is 3.34. The molecule has 0 unspecified atom stereocenters. The summed E-state index contributed by atoms with van der Waals surface area (Å²) in [5, 5.41) is 15.5. The maximum Gasteiger partial charge on any atom is 0.334 e. The number of anilines is 1. The van der Waals surface area contributed by atoms with Crippen molar-refractivity contribution in [2.75, 3.05) is 18.0 Å². The van der Waals surface area contributed by atoms with Crippen LogP contribution in [0.15, 0.2) is 0 Å². The van der Waals surface area contributed by atoms with Crippen molar-refractivity contribution in [1.29, 1.82) is 0 Å². The molecule has 0 radical (unpaired) electrons. The Morgan fingerprint density at radius 1 is 1.61 bits per heavy atom. The van der Waals surface area contributed by atoms with Crippen molar-refractivity contribution in [3.63, 3.8) is 0 Å². The van der Waals surface area contributed by atoms with Gasteiger partial charge in [0, 0.05) is 26.2 Å². The van der Waals surface area contributed by atoms with E-state index in [0.29, 0.717) is 24.5 Å². The summed E-state index contributed by atoms with van der Waals surface area (Å²) in [4.78, 5) is 12.9. The van der Waals surface area contributed by atoms with E-state index < -0.39 is 0 Å². The van der Waals surface area contributed by atoms with Crippen LogP contribution < -0.4 is 10.6 Å². The van der Waals surface area contributed by atoms with Crippen LogP contribution in [0.5, 0.6) is 0 Å². The quantitative estimate of drug-likeness (QED) is 0.636. The molecule has 2 rings (SSSR count). The zero-order valence-electron chi connectivity index (χ0n) is 10.8. The van der Waals surface area contributed by atoms with Gasteiger partial charge in [0.25, 0.3) is 0 Å². The van der Waals surface area contributed by atoms with Gasteiger partial charge in [0.1, 0.15) is 5.69 Å². The van der Waals surface area contributed by atoms with Crippen molar-refractivity contribution in [1.82, 2.24) is 9.78 Å². The zero-order chi connectivity index (χ0) is 13.3. The highest BCUT2D eigenvalue weighted by Crippen LogP contribution is 2.33. The van der Waals surface area contributed by atoms with Crippen LogP contribution in [0, 0.1) is 10.1 Å². The summed E-state index contributed by atoms with van der Waals surface area (Å²) in [6, 6.07) is 0.0818. The molecular formula is C11H19N5O2. The van der Waals surface area contributed by atoms with E-state index in [2.05, 4.69) is 5.10 Å². The summed E-state index contributed by atoms with van der Waals surface area (Å²) in [5.41, 5.74) is 6.61. The minimum absolute atomic E-state index is 0.0818. The number of hydrogen-bond donors (Lipinski definition) is 1. The summed E-state index contributed by atoms with van der Waals surface area (Å²) in [5.74, 6) is 0.590. The van der Waals surface area contributed by atoms with Gasteiger partial charge in [-0.1, -0.05) is 6.92 Å². The van der Waals surface area contributed by atoms with Gasteiger partial charge < -0.3 is 10.6 Å². The SMILES string of the molecule is CCc1nn(C)c(N2CCC[C@@H](N)C2)c1[N+](=O)[O-]. The van der Waals surface area contributed by atoms with Crippen LogP contribution in [0.2, 0.25) is 0 Å². The van der Waals surface area contributed by atoms with Gasteiger partial charge in [-0.2, -0.15) is 5.10 Å². The first kappa shape index (κ1) is 12.8. The molecule has 0 aromatic carbocycles. The molecule has 0 saturated carbocycles. The normalized spacial score (nSPS) is 20.2. The van der Waals surface area contributed by atoms with Crippen LogP contribution in [0.25, 0.3) is 0 Å². The lowest BCUT2D eigenvalue weighted by Crippen LogP contribution is -2.43. The van der Waals surface area contributed by atoms with E-state index >= 15 is 0 Å². The molecule has 1 atom stereocenters. The molecule has 1 aromatic rings. The monoisotopic (exact) mass is 253 g/mol. The van der Waals surface area contributed by atoms with E-state index in [0.717, 1.165) is 19.4 Å². The summed E-state index contributed by atoms with van der Waals surface area (Å²) in [7, 11) is 1.75. The van der Waals surface area contributed by atoms with Crippen molar-refractivity contribution in [2.45, 2.75) is 32.2 Å². The first-order valence-corrected chi connectivity index (χ1v) is 6.25. The summed E-state index contributed by atoms with van der Waals surface area (Å²) in [6.45, 7) is 3.34. The second-order valence-corrected chi connectivity index (χ2v) is 4.70. The van der Waals surface area contributed by atoms with Crippen molar-refractivity contribution in [3.8, 4) is 0 Å². The first-order chi connectivity index (χ1) is 8.54. The fourth-order valence-corrected chi connectivity index (χ4v) is 2.54. The van der Waals surface area contributed by atoms with Crippen molar-refractivity contribution in [3.05, 3.63) is 15.8 Å². The number of rotatable bonds is 3. The lowest BCUT2D eigenvalue weighted by atomic mass is 10.1. The first-order valence-electron chi connectivity index (χ1n) is 6.25. The lowest BCUT2D eigenvalue weighted by molar-refractivity contribution is -0.384. The number of nitro groups is 1. The molecular weight excluding hydrogens is 234 g/mol. The van der Waals surface area contributed by atoms with Gasteiger partial charge in [0.15, 0.2) is 0 Å². The molecule has 0 spiro atoms. The second-order valence-electron chi connectivity index (χ2n) is 4.70. The van der Waals surface area contributed by atoms with Gasteiger partial charge >= 0.3 is 5.69 Å². The smallest absolute Gasteiger partial charge is 0.334 e. The third kappa shape index (κ3) is 2.17. The minimum Gasteiger partial charge on any atom is -0.350 e. The van der Waals surface area contributed by atoms with Gasteiger partial charge in [-0.25, -0.2) is 4.68 Å². The van der Waals surface area contributed by atoms with Gasteiger partial charge in [-0.05, 0) is 19.3 Å². The van der Waals surface area contributed by atoms with Crippen LogP contribution in [-0.2, 0) is 13.5 Å². The molecule has 2 heterocycles. The van der Waals surface area contributed by atoms with E-state index in [1.165, 1.54) is 0 Å². The highest BCUT2D eigenvalue weighted by molar-refractivity contribution is 5.62. The zero-order valence-corrected chi connectivity index (χ0v) is 10.8. The second kappa shape index (κ2) is 4.93. The molecule has 7 nitrogen and oxygen atoms in total. The van der Waals surface area contributed by atoms with Gasteiger partial charge in [-0.15, -0.1) is 0 Å². The molecule has 18 heavy (non-hydrogen) atoms. The molecule has 100 valence electrons. The van der Waals surface area contributed by atoms with Crippen molar-refractivity contribution < 1.29 is 4.92 Å². The highest BCUT2D eigenvalue weighted by Gasteiger charge is 2.31. The van der Waals surface area contributed by atoms with E-state index in [-0.39, 0.29) is 16.7 Å². The summed E-state index contributed by atoms with van der Waals surface area (Å²) < 4.78 is 1.61. The predicted molar refractivity (Wildman–Crippen MR) is 68.7 cm³/mol. The number of piperidine rings is 1. The Balaban J connectivity index is 2.42. The Kier molecular flexibility index (Phi) is 3.51. The average Bonchev–Trinajstić information content (AvgIpc) is 2.66. The predicted octanol–water partition coefficient (Wildman–Crippen LogP) is 0.818. The molecule has 1 aromatic heterocycles. The number of nitrogens with zero attached hydrogens (tertiary/aromatic N) is 4. The van der Waals surface area contributed by atoms with Gasteiger partial charge in [0.05, 0.1) is 4.92 Å². The Morgan fingerprint density at radius 2 is 2.33 bits per heavy atom. The molecule has 0 aliphatic carbocycles. The average molecular weight is 253 g/mol. The van der Waals surface area contributed by atoms with Crippen LogP contribution in [0.3, 0.4) is 0 Å². The number of aromatic nitrogens is 2. The molecule has 1 fully saturated rings. The molecule has 1 aliphatic heterocycles. The van der Waals surface area contributed by atoms with E-state index in [4.69, 9.17) is 5.73 Å². The lowest BCUT2D eigenvalue weighted by Gasteiger charge is -2.31. The van der Waals surface area contributed by atoms with Crippen LogP contribution in [0.4, 0.5) is 11.5 Å². The van der Waals surface area contributed by atoms with Crippen molar-refractivity contribution >= 4 is 11.5 Å². The van der Waals surface area contributed by atoms with E-state index in [1.54, 1.807) is 11.7 Å². The van der Waals surface area contributed by atoms with Crippen LogP contribution in [-0.4, -0.2) is 33.8 Å². The minimum atomic E-state index is -0.332. The molecule has 1 saturated heterocycles. The Morgan fingerprint density at radius 3 is 2.89 bits per heavy atom. The van der Waals surface area contributed by atoms with E-state index in [9.17, 15) is 10.1 Å². The molecule has 0 amide bonds. The van der Waals surface area contributed by atoms with Crippen LogP contribution >= 0.6 is 0 Å². The standard InChI is InChI=1S/C11H19N5O2/c1-3-9-10(16(17)18)11(14(2)13-9)15-6-4-5-8(12)7-15/h8H,3-7,12H2,1-2H3/t8-/m1/s1. The Hall–Kier alpha value is -1.63. The number of nitrogens with two attached hydrogens (primary N) is 1. The number of hydrogen-bond acceptors (Lipinski definition) is 5. The third-order valence-corrected chi connectivity index (χ3v) is 3.34. The van der Waals surface area contributed by atoms with E-state index in [1.807, 2.05) is 11.8 Å². The Labute approximate surface area is 106 Å². The fourth-order valence-electron chi connectivity index (χ4n) is 2.54. The number of aryl methyl sites for hydroxylation is 2. The highest BCUT2D eigenvalue weighted by atomic mass is 16.6. The molecule has 2 N–H and O–H groups in total. The Bertz CT molecular complexity index is 457. The van der Waals surface area contributed by atoms with Gasteiger partial charge in [-0.3, -0.25) is 10.1 Å². The molecule has 0 bridgehead atoms. The summed E-state index contributed by atoms with van der Waals surface area (Å²) >= 11 is 0. The molecule has 1 aliphatic rings. The summed E-state index contributed by atoms with van der Waals surface area (Å²) in [6.07, 6.45) is 2.50.